The van der Waals surface area contributed by atoms with Gasteiger partial charge in [-0.1, -0.05) is 13.3 Å². The summed E-state index contributed by atoms with van der Waals surface area (Å²) in [6.07, 6.45) is 3.07. The van der Waals surface area contributed by atoms with Crippen LogP contribution in [0.3, 0.4) is 0 Å². The third-order valence-electron chi connectivity index (χ3n) is 5.05. The molecule has 0 bridgehead atoms. The van der Waals surface area contributed by atoms with E-state index < -0.39 is 17.2 Å². The van der Waals surface area contributed by atoms with E-state index in [4.69, 9.17) is 4.74 Å². The van der Waals surface area contributed by atoms with Gasteiger partial charge in [-0.15, -0.1) is 0 Å². The molecule has 0 aromatic rings. The minimum atomic E-state index is -0.779. The Hall–Kier alpha value is -1.30. The molecule has 2 fully saturated rings. The number of amides is 2. The number of hydrogen-bond acceptors (Lipinski definition) is 4. The molecule has 2 amide bonds. The van der Waals surface area contributed by atoms with Gasteiger partial charge in [0.15, 0.2) is 0 Å². The lowest BCUT2D eigenvalue weighted by Crippen LogP contribution is -2.68. The molecule has 6 nitrogen and oxygen atoms in total. The maximum Gasteiger partial charge on any atom is 0.410 e. The largest absolute Gasteiger partial charge is 0.444 e. The number of nitrogens with one attached hydrogen (secondary N) is 1. The molecule has 23 heavy (non-hydrogen) atoms. The van der Waals surface area contributed by atoms with E-state index in [-0.39, 0.29) is 24.3 Å². The Morgan fingerprint density at radius 2 is 2.09 bits per heavy atom. The number of carbonyl (C=O) groups is 2. The van der Waals surface area contributed by atoms with Crippen molar-refractivity contribution in [2.75, 3.05) is 19.7 Å². The summed E-state index contributed by atoms with van der Waals surface area (Å²) in [6, 6.07) is 0. The third kappa shape index (κ3) is 3.32. The minimum Gasteiger partial charge on any atom is -0.444 e. The fourth-order valence-electron chi connectivity index (χ4n) is 3.83. The summed E-state index contributed by atoms with van der Waals surface area (Å²) in [5.41, 5.74) is -1.37. The molecule has 3 atom stereocenters. The lowest BCUT2D eigenvalue weighted by atomic mass is 9.59. The highest BCUT2D eigenvalue weighted by Gasteiger charge is 2.65. The van der Waals surface area contributed by atoms with E-state index in [9.17, 15) is 14.7 Å². The molecule has 0 aromatic heterocycles. The molecule has 0 unspecified atom stereocenters. The van der Waals surface area contributed by atoms with Crippen molar-refractivity contribution in [3.63, 3.8) is 0 Å². The first kappa shape index (κ1) is 18.0. The summed E-state index contributed by atoms with van der Waals surface area (Å²) < 4.78 is 5.47. The van der Waals surface area contributed by atoms with Crippen LogP contribution < -0.4 is 5.32 Å². The first-order valence-corrected chi connectivity index (χ1v) is 8.65. The fraction of sp³-hybridized carbons (Fsp3) is 0.882. The first-order valence-electron chi connectivity index (χ1n) is 8.65. The third-order valence-corrected chi connectivity index (χ3v) is 5.05. The van der Waals surface area contributed by atoms with Gasteiger partial charge in [0.1, 0.15) is 5.60 Å². The highest BCUT2D eigenvalue weighted by Crippen LogP contribution is 2.54. The smallest absolute Gasteiger partial charge is 0.410 e. The van der Waals surface area contributed by atoms with Crippen LogP contribution >= 0.6 is 0 Å². The SMILES string of the molecule is CCCCNC(=O)[C@@H]1C[C@H]2CCN(C(=O)OC(C)(C)C)[C@]21CO. The van der Waals surface area contributed by atoms with Gasteiger partial charge >= 0.3 is 6.09 Å². The van der Waals surface area contributed by atoms with Crippen LogP contribution in [0.1, 0.15) is 53.4 Å². The lowest BCUT2D eigenvalue weighted by molar-refractivity contribution is -0.146. The van der Waals surface area contributed by atoms with Crippen molar-refractivity contribution >= 4 is 12.0 Å². The van der Waals surface area contributed by atoms with Gasteiger partial charge in [0.25, 0.3) is 0 Å². The van der Waals surface area contributed by atoms with Gasteiger partial charge in [-0.05, 0) is 46.0 Å². The zero-order chi connectivity index (χ0) is 17.3. The average molecular weight is 326 g/mol. The number of aliphatic hydroxyl groups excluding tert-OH is 1. The number of carbonyl (C=O) groups excluding carboxylic acids is 2. The number of fused-ring (bicyclic) bond motifs is 1. The summed E-state index contributed by atoms with van der Waals surface area (Å²) in [7, 11) is 0. The number of aliphatic hydroxyl groups is 1. The fourth-order valence-corrected chi connectivity index (χ4v) is 3.83. The average Bonchev–Trinajstić information content (AvgIpc) is 2.70. The normalized spacial score (nSPS) is 29.7. The van der Waals surface area contributed by atoms with Gasteiger partial charge in [0, 0.05) is 13.1 Å². The van der Waals surface area contributed by atoms with Crippen LogP contribution in [0.2, 0.25) is 0 Å². The topological polar surface area (TPSA) is 78.9 Å². The van der Waals surface area contributed by atoms with E-state index >= 15 is 0 Å². The van der Waals surface area contributed by atoms with Crippen molar-refractivity contribution in [3.8, 4) is 0 Å². The van der Waals surface area contributed by atoms with Crippen LogP contribution in [0.25, 0.3) is 0 Å². The molecule has 0 aromatic carbocycles. The van der Waals surface area contributed by atoms with Gasteiger partial charge in [-0.3, -0.25) is 9.69 Å². The highest BCUT2D eigenvalue weighted by atomic mass is 16.6. The summed E-state index contributed by atoms with van der Waals surface area (Å²) in [6.45, 7) is 8.52. The molecule has 2 N–H and O–H groups in total. The zero-order valence-electron chi connectivity index (χ0n) is 14.7. The Labute approximate surface area is 138 Å². The standard InChI is InChI=1S/C17H30N2O4/c1-5-6-8-18-14(21)13-10-12-7-9-19(17(12,13)11-20)15(22)23-16(2,3)4/h12-13,20H,5-11H2,1-4H3,(H,18,21)/t12-,13+,17-/m1/s1. The van der Waals surface area contributed by atoms with Gasteiger partial charge in [0.05, 0.1) is 18.1 Å². The second kappa shape index (κ2) is 6.67. The minimum absolute atomic E-state index is 0.0563. The van der Waals surface area contributed by atoms with Crippen molar-refractivity contribution in [2.45, 2.75) is 64.5 Å². The van der Waals surface area contributed by atoms with Crippen LogP contribution in [0.5, 0.6) is 0 Å². The van der Waals surface area contributed by atoms with E-state index in [1.54, 1.807) is 4.90 Å². The number of rotatable bonds is 5. The van der Waals surface area contributed by atoms with E-state index in [2.05, 4.69) is 12.2 Å². The van der Waals surface area contributed by atoms with Crippen LogP contribution in [0.15, 0.2) is 0 Å². The Morgan fingerprint density at radius 1 is 1.39 bits per heavy atom. The molecule has 1 aliphatic heterocycles. The van der Waals surface area contributed by atoms with E-state index in [1.807, 2.05) is 20.8 Å². The van der Waals surface area contributed by atoms with Crippen molar-refractivity contribution in [1.82, 2.24) is 10.2 Å². The van der Waals surface area contributed by atoms with Gasteiger partial charge in [-0.25, -0.2) is 4.79 Å². The Kier molecular flexibility index (Phi) is 5.23. The summed E-state index contributed by atoms with van der Waals surface area (Å²) in [5.74, 6) is -0.217. The second-order valence-electron chi connectivity index (χ2n) is 7.70. The summed E-state index contributed by atoms with van der Waals surface area (Å²) >= 11 is 0. The molecule has 2 rings (SSSR count). The van der Waals surface area contributed by atoms with E-state index in [0.29, 0.717) is 13.1 Å². The number of ether oxygens (including phenoxy) is 1. The molecule has 0 radical (unpaired) electrons. The van der Waals surface area contributed by atoms with Crippen LogP contribution in [-0.2, 0) is 9.53 Å². The lowest BCUT2D eigenvalue weighted by Gasteiger charge is -2.54. The second-order valence-corrected chi connectivity index (χ2v) is 7.70. The van der Waals surface area contributed by atoms with Gasteiger partial charge in [-0.2, -0.15) is 0 Å². The van der Waals surface area contributed by atoms with Crippen LogP contribution in [-0.4, -0.2) is 52.8 Å². The first-order chi connectivity index (χ1) is 10.8. The Bertz CT molecular complexity index is 460. The maximum absolute atomic E-state index is 12.5. The number of likely N-dealkylation sites (tertiary alicyclic amines) is 1. The monoisotopic (exact) mass is 326 g/mol. The molecule has 1 saturated heterocycles. The van der Waals surface area contributed by atoms with E-state index in [0.717, 1.165) is 25.7 Å². The van der Waals surface area contributed by atoms with Crippen molar-refractivity contribution in [2.24, 2.45) is 11.8 Å². The predicted molar refractivity (Wildman–Crippen MR) is 86.9 cm³/mol. The molecule has 1 heterocycles. The van der Waals surface area contributed by atoms with Gasteiger partial charge < -0.3 is 15.2 Å². The molecule has 1 saturated carbocycles. The van der Waals surface area contributed by atoms with Crippen LogP contribution in [0.4, 0.5) is 4.79 Å². The quantitative estimate of drug-likeness (QED) is 0.757. The van der Waals surface area contributed by atoms with Crippen molar-refractivity contribution in [1.29, 1.82) is 0 Å². The van der Waals surface area contributed by atoms with Crippen LogP contribution in [0, 0.1) is 11.8 Å². The summed E-state index contributed by atoms with van der Waals surface area (Å²) in [5, 5.41) is 13.0. The molecule has 132 valence electrons. The van der Waals surface area contributed by atoms with Crippen molar-refractivity contribution < 1.29 is 19.4 Å². The molecule has 0 spiro atoms. The molecule has 6 heteroatoms. The highest BCUT2D eigenvalue weighted by molar-refractivity contribution is 5.83. The number of unbranched alkanes of at least 4 members (excludes halogenated alkanes) is 1. The Morgan fingerprint density at radius 3 is 2.65 bits per heavy atom. The zero-order valence-corrected chi connectivity index (χ0v) is 14.7. The predicted octanol–water partition coefficient (Wildman–Crippen LogP) is 1.91. The van der Waals surface area contributed by atoms with Crippen molar-refractivity contribution in [3.05, 3.63) is 0 Å². The van der Waals surface area contributed by atoms with Gasteiger partial charge in [0.2, 0.25) is 5.91 Å². The molecular formula is C17H30N2O4. The Balaban J connectivity index is 2.10. The molecular weight excluding hydrogens is 296 g/mol. The maximum atomic E-state index is 12.5. The van der Waals surface area contributed by atoms with E-state index in [1.165, 1.54) is 0 Å². The molecule has 2 aliphatic rings. The summed E-state index contributed by atoms with van der Waals surface area (Å²) in [4.78, 5) is 26.6. The molecule has 1 aliphatic carbocycles. The number of hydrogen-bond donors (Lipinski definition) is 2. The number of nitrogens with zero attached hydrogens (tertiary/aromatic N) is 1.